The third kappa shape index (κ3) is 5.83. The van der Waals surface area contributed by atoms with Crippen molar-refractivity contribution in [2.24, 2.45) is 0 Å². The van der Waals surface area contributed by atoms with Crippen LogP contribution in [0.5, 0.6) is 0 Å². The van der Waals surface area contributed by atoms with Gasteiger partial charge in [-0.15, -0.1) is 24.8 Å². The number of aryl methyl sites for hydroxylation is 1. The van der Waals surface area contributed by atoms with Gasteiger partial charge in [0.2, 0.25) is 11.8 Å². The molecule has 2 fully saturated rings. The minimum atomic E-state index is 0. The van der Waals surface area contributed by atoms with Crippen LogP contribution in [0, 0.1) is 0 Å². The van der Waals surface area contributed by atoms with Gasteiger partial charge < -0.3 is 15.1 Å². The van der Waals surface area contributed by atoms with Crippen molar-refractivity contribution in [3.8, 4) is 0 Å². The molecule has 0 radical (unpaired) electrons. The number of amides is 2. The summed E-state index contributed by atoms with van der Waals surface area (Å²) in [5, 5.41) is 3.10. The van der Waals surface area contributed by atoms with Crippen molar-refractivity contribution >= 4 is 36.6 Å². The Morgan fingerprint density at radius 3 is 2.84 bits per heavy atom. The summed E-state index contributed by atoms with van der Waals surface area (Å²) in [6.45, 7) is 3.49. The van der Waals surface area contributed by atoms with Crippen molar-refractivity contribution in [1.82, 2.24) is 20.1 Å². The van der Waals surface area contributed by atoms with Gasteiger partial charge in [-0.3, -0.25) is 14.6 Å². The highest BCUT2D eigenvalue weighted by Crippen LogP contribution is 2.18. The molecule has 1 atom stereocenters. The fourth-order valence-electron chi connectivity index (χ4n) is 3.38. The zero-order valence-electron chi connectivity index (χ0n) is 14.2. The predicted octanol–water partition coefficient (Wildman–Crippen LogP) is 1.28. The number of nitrogens with one attached hydrogen (secondary N) is 1. The van der Waals surface area contributed by atoms with E-state index in [2.05, 4.69) is 10.3 Å². The molecule has 2 aliphatic heterocycles. The number of aromatic nitrogens is 1. The molecule has 1 aromatic rings. The second-order valence-corrected chi connectivity index (χ2v) is 6.22. The quantitative estimate of drug-likeness (QED) is 0.843. The summed E-state index contributed by atoms with van der Waals surface area (Å²) in [6, 6.07) is 5.95. The minimum Gasteiger partial charge on any atom is -0.341 e. The number of piperazine rings is 1. The lowest BCUT2D eigenvalue weighted by Crippen LogP contribution is -2.57. The Labute approximate surface area is 161 Å². The Balaban J connectivity index is 0.00000156. The van der Waals surface area contributed by atoms with Gasteiger partial charge in [-0.05, 0) is 31.4 Å². The largest absolute Gasteiger partial charge is 0.341 e. The molecule has 0 spiro atoms. The van der Waals surface area contributed by atoms with E-state index in [1.54, 1.807) is 6.20 Å². The molecular weight excluding hydrogens is 363 g/mol. The molecule has 2 aliphatic rings. The van der Waals surface area contributed by atoms with Crippen LogP contribution in [0.25, 0.3) is 0 Å². The second kappa shape index (κ2) is 10.6. The van der Waals surface area contributed by atoms with Gasteiger partial charge in [0.05, 0.1) is 6.54 Å². The average molecular weight is 389 g/mol. The maximum absolute atomic E-state index is 12.5. The van der Waals surface area contributed by atoms with E-state index >= 15 is 0 Å². The van der Waals surface area contributed by atoms with Gasteiger partial charge in [0.25, 0.3) is 0 Å². The molecule has 0 aliphatic carbocycles. The molecule has 0 saturated carbocycles. The van der Waals surface area contributed by atoms with E-state index in [1.165, 1.54) is 0 Å². The van der Waals surface area contributed by atoms with E-state index in [1.807, 2.05) is 28.0 Å². The SMILES string of the molecule is Cl.Cl.O=C(CCc1ccccn1)N1CCCC(N2CCNCC2=O)C1. The molecule has 0 bridgehead atoms. The summed E-state index contributed by atoms with van der Waals surface area (Å²) in [7, 11) is 0. The first-order valence-corrected chi connectivity index (χ1v) is 8.42. The zero-order valence-corrected chi connectivity index (χ0v) is 15.9. The lowest BCUT2D eigenvalue weighted by Gasteiger charge is -2.41. The van der Waals surface area contributed by atoms with Gasteiger partial charge in [0, 0.05) is 50.5 Å². The van der Waals surface area contributed by atoms with Crippen LogP contribution in [0.4, 0.5) is 0 Å². The summed E-state index contributed by atoms with van der Waals surface area (Å²) in [4.78, 5) is 32.6. The molecule has 2 saturated heterocycles. The Morgan fingerprint density at radius 1 is 1.28 bits per heavy atom. The Morgan fingerprint density at radius 2 is 2.12 bits per heavy atom. The first kappa shape index (κ1) is 21.7. The standard InChI is InChI=1S/C17H24N4O2.2ClH/c22-16(7-6-14-4-1-2-8-19-14)20-10-3-5-15(13-20)21-11-9-18-12-17(21)23;;/h1-2,4,8,15,18H,3,5-7,9-13H2;2*1H. The smallest absolute Gasteiger partial charge is 0.236 e. The Bertz CT molecular complexity index is 559. The van der Waals surface area contributed by atoms with E-state index in [0.717, 1.165) is 38.2 Å². The van der Waals surface area contributed by atoms with Gasteiger partial charge >= 0.3 is 0 Å². The maximum Gasteiger partial charge on any atom is 0.236 e. The van der Waals surface area contributed by atoms with Crippen LogP contribution in [0.1, 0.15) is 25.0 Å². The van der Waals surface area contributed by atoms with Gasteiger partial charge in [0.1, 0.15) is 0 Å². The minimum absolute atomic E-state index is 0. The van der Waals surface area contributed by atoms with Gasteiger partial charge in [-0.25, -0.2) is 0 Å². The molecule has 0 aromatic carbocycles. The Kier molecular flexibility index (Phi) is 9.17. The molecule has 1 N–H and O–H groups in total. The number of likely N-dealkylation sites (tertiary alicyclic amines) is 1. The highest BCUT2D eigenvalue weighted by Gasteiger charge is 2.31. The zero-order chi connectivity index (χ0) is 16.1. The molecule has 25 heavy (non-hydrogen) atoms. The average Bonchev–Trinajstić information content (AvgIpc) is 2.61. The molecule has 1 aromatic heterocycles. The highest BCUT2D eigenvalue weighted by molar-refractivity contribution is 5.85. The normalized spacial score (nSPS) is 20.5. The van der Waals surface area contributed by atoms with Gasteiger partial charge in [0.15, 0.2) is 0 Å². The van der Waals surface area contributed by atoms with E-state index in [9.17, 15) is 9.59 Å². The summed E-state index contributed by atoms with van der Waals surface area (Å²) in [6.07, 6.45) is 4.88. The predicted molar refractivity (Wildman–Crippen MR) is 101 cm³/mol. The van der Waals surface area contributed by atoms with Crippen LogP contribution in [0.3, 0.4) is 0 Å². The third-order valence-corrected chi connectivity index (χ3v) is 4.64. The van der Waals surface area contributed by atoms with Gasteiger partial charge in [-0.1, -0.05) is 6.07 Å². The number of carbonyl (C=O) groups is 2. The molecule has 3 heterocycles. The lowest BCUT2D eigenvalue weighted by atomic mass is 10.0. The first-order valence-electron chi connectivity index (χ1n) is 8.42. The van der Waals surface area contributed by atoms with Crippen molar-refractivity contribution < 1.29 is 9.59 Å². The van der Waals surface area contributed by atoms with Crippen molar-refractivity contribution in [2.45, 2.75) is 31.7 Å². The van der Waals surface area contributed by atoms with E-state index < -0.39 is 0 Å². The van der Waals surface area contributed by atoms with Crippen LogP contribution in [0.15, 0.2) is 24.4 Å². The van der Waals surface area contributed by atoms with E-state index in [-0.39, 0.29) is 42.7 Å². The molecular formula is C17H26Cl2N4O2. The number of rotatable bonds is 4. The topological polar surface area (TPSA) is 65.5 Å². The number of carbonyl (C=O) groups excluding carboxylic acids is 2. The van der Waals surface area contributed by atoms with Crippen LogP contribution < -0.4 is 5.32 Å². The third-order valence-electron chi connectivity index (χ3n) is 4.64. The fraction of sp³-hybridized carbons (Fsp3) is 0.588. The number of piperidine rings is 1. The summed E-state index contributed by atoms with van der Waals surface area (Å²) in [5.74, 6) is 0.326. The number of halogens is 2. The monoisotopic (exact) mass is 388 g/mol. The van der Waals surface area contributed by atoms with E-state index in [4.69, 9.17) is 0 Å². The van der Waals surface area contributed by atoms with Gasteiger partial charge in [-0.2, -0.15) is 0 Å². The molecule has 1 unspecified atom stereocenters. The highest BCUT2D eigenvalue weighted by atomic mass is 35.5. The Hall–Kier alpha value is -1.37. The molecule has 8 heteroatoms. The number of nitrogens with zero attached hydrogens (tertiary/aromatic N) is 3. The maximum atomic E-state index is 12.5. The van der Waals surface area contributed by atoms with Crippen LogP contribution in [-0.2, 0) is 16.0 Å². The second-order valence-electron chi connectivity index (χ2n) is 6.22. The number of pyridine rings is 1. The van der Waals surface area contributed by atoms with Crippen LogP contribution in [-0.4, -0.2) is 65.4 Å². The van der Waals surface area contributed by atoms with Crippen LogP contribution >= 0.6 is 24.8 Å². The summed E-state index contributed by atoms with van der Waals surface area (Å²) in [5.41, 5.74) is 0.951. The number of hydrogen-bond donors (Lipinski definition) is 1. The molecule has 3 rings (SSSR count). The fourth-order valence-corrected chi connectivity index (χ4v) is 3.38. The van der Waals surface area contributed by atoms with Crippen molar-refractivity contribution in [3.05, 3.63) is 30.1 Å². The molecule has 140 valence electrons. The molecule has 6 nitrogen and oxygen atoms in total. The summed E-state index contributed by atoms with van der Waals surface area (Å²) >= 11 is 0. The first-order chi connectivity index (χ1) is 11.2. The van der Waals surface area contributed by atoms with E-state index in [0.29, 0.717) is 25.9 Å². The van der Waals surface area contributed by atoms with Crippen LogP contribution in [0.2, 0.25) is 0 Å². The summed E-state index contributed by atoms with van der Waals surface area (Å²) < 4.78 is 0. The lowest BCUT2D eigenvalue weighted by molar-refractivity contribution is -0.140. The van der Waals surface area contributed by atoms with Crippen molar-refractivity contribution in [2.75, 3.05) is 32.7 Å². The van der Waals surface area contributed by atoms with Crippen molar-refractivity contribution in [3.63, 3.8) is 0 Å². The van der Waals surface area contributed by atoms with Crippen molar-refractivity contribution in [1.29, 1.82) is 0 Å². The molecule has 2 amide bonds. The number of hydrogen-bond acceptors (Lipinski definition) is 4.